The normalized spacial score (nSPS) is 10.7. The van der Waals surface area contributed by atoms with E-state index < -0.39 is 0 Å². The lowest BCUT2D eigenvalue weighted by atomic mass is 10.4. The molecule has 2 rings (SSSR count). The van der Waals surface area contributed by atoms with Crippen LogP contribution in [0.2, 0.25) is 5.15 Å². The molecule has 0 aromatic carbocycles. The molecule has 0 spiro atoms. The Labute approximate surface area is 81.3 Å². The van der Waals surface area contributed by atoms with Crippen molar-refractivity contribution in [1.82, 2.24) is 15.2 Å². The van der Waals surface area contributed by atoms with Crippen LogP contribution in [0, 0.1) is 3.57 Å². The first kappa shape index (κ1) is 7.30. The van der Waals surface area contributed by atoms with Gasteiger partial charge < -0.3 is 4.98 Å². The third kappa shape index (κ3) is 1.20. The molecule has 56 valence electrons. The first-order valence-corrected chi connectivity index (χ1v) is 4.39. The number of aromatic amines is 1. The van der Waals surface area contributed by atoms with E-state index in [9.17, 15) is 0 Å². The third-order valence-electron chi connectivity index (χ3n) is 1.34. The second kappa shape index (κ2) is 2.60. The Morgan fingerprint density at radius 1 is 1.45 bits per heavy atom. The number of rotatable bonds is 0. The van der Waals surface area contributed by atoms with Crippen molar-refractivity contribution >= 4 is 45.2 Å². The van der Waals surface area contributed by atoms with E-state index in [-0.39, 0.29) is 0 Å². The maximum Gasteiger partial charge on any atom is 0.153 e. The highest BCUT2D eigenvalue weighted by Crippen LogP contribution is 2.18. The minimum atomic E-state index is 0.413. The van der Waals surface area contributed by atoms with Crippen molar-refractivity contribution < 1.29 is 0 Å². The van der Waals surface area contributed by atoms with Gasteiger partial charge in [0.25, 0.3) is 0 Å². The molecule has 0 aliphatic carbocycles. The van der Waals surface area contributed by atoms with Crippen molar-refractivity contribution in [2.75, 3.05) is 0 Å². The average Bonchev–Trinajstić information content (AvgIpc) is 2.32. The van der Waals surface area contributed by atoms with E-state index in [1.807, 2.05) is 6.20 Å². The van der Waals surface area contributed by atoms with Crippen molar-refractivity contribution in [3.63, 3.8) is 0 Å². The van der Waals surface area contributed by atoms with Gasteiger partial charge in [0.2, 0.25) is 0 Å². The molecule has 2 aromatic heterocycles. The molecule has 0 radical (unpaired) electrons. The molecule has 2 heterocycles. The summed E-state index contributed by atoms with van der Waals surface area (Å²) < 4.78 is 1.06. The van der Waals surface area contributed by atoms with Gasteiger partial charge in [0.15, 0.2) is 5.15 Å². The monoisotopic (exact) mass is 279 g/mol. The Kier molecular flexibility index (Phi) is 1.72. The molecule has 1 N–H and O–H groups in total. The predicted molar refractivity (Wildman–Crippen MR) is 51.6 cm³/mol. The Hall–Kier alpha value is -0.360. The van der Waals surface area contributed by atoms with E-state index in [1.54, 1.807) is 6.07 Å². The topological polar surface area (TPSA) is 41.6 Å². The van der Waals surface area contributed by atoms with Gasteiger partial charge in [-0.3, -0.25) is 0 Å². The lowest BCUT2D eigenvalue weighted by Crippen LogP contribution is -1.82. The number of aromatic nitrogens is 3. The van der Waals surface area contributed by atoms with Gasteiger partial charge in [-0.2, -0.15) is 0 Å². The molecule has 0 unspecified atom stereocenters. The summed E-state index contributed by atoms with van der Waals surface area (Å²) in [6.45, 7) is 0. The predicted octanol–water partition coefficient (Wildman–Crippen LogP) is 2.22. The van der Waals surface area contributed by atoms with Gasteiger partial charge >= 0.3 is 0 Å². The van der Waals surface area contributed by atoms with Crippen molar-refractivity contribution in [2.24, 2.45) is 0 Å². The Morgan fingerprint density at radius 3 is 3.09 bits per heavy atom. The van der Waals surface area contributed by atoms with Crippen LogP contribution in [0.25, 0.3) is 11.0 Å². The highest BCUT2D eigenvalue weighted by atomic mass is 127. The minimum Gasteiger partial charge on any atom is -0.359 e. The highest BCUT2D eigenvalue weighted by molar-refractivity contribution is 14.1. The van der Waals surface area contributed by atoms with Gasteiger partial charge in [-0.1, -0.05) is 11.6 Å². The van der Waals surface area contributed by atoms with Gasteiger partial charge in [0, 0.05) is 12.3 Å². The molecule has 11 heavy (non-hydrogen) atoms. The molecule has 0 saturated carbocycles. The number of H-pyrrole nitrogens is 1. The summed E-state index contributed by atoms with van der Waals surface area (Å²) in [5, 5.41) is 8.06. The zero-order chi connectivity index (χ0) is 7.84. The summed E-state index contributed by atoms with van der Waals surface area (Å²) in [4.78, 5) is 3.03. The smallest absolute Gasteiger partial charge is 0.153 e. The summed E-state index contributed by atoms with van der Waals surface area (Å²) in [6.07, 6.45) is 1.87. The molecule has 3 nitrogen and oxygen atoms in total. The summed E-state index contributed by atoms with van der Waals surface area (Å²) in [5.74, 6) is 0. The van der Waals surface area contributed by atoms with E-state index in [0.717, 1.165) is 14.6 Å². The van der Waals surface area contributed by atoms with Crippen LogP contribution in [0.5, 0.6) is 0 Å². The standard InChI is InChI=1S/C6H3ClIN3/c7-5-1-4-6(11-10-5)3(8)2-9-4/h1-2,9H. The number of nitrogens with one attached hydrogen (secondary N) is 1. The quantitative estimate of drug-likeness (QED) is 0.751. The average molecular weight is 279 g/mol. The van der Waals surface area contributed by atoms with Crippen LogP contribution in [0.4, 0.5) is 0 Å². The molecule has 0 aliphatic heterocycles. The molecule has 0 atom stereocenters. The van der Waals surface area contributed by atoms with Crippen LogP contribution in [-0.2, 0) is 0 Å². The van der Waals surface area contributed by atoms with E-state index in [0.29, 0.717) is 5.15 Å². The fraction of sp³-hybridized carbons (Fsp3) is 0. The van der Waals surface area contributed by atoms with Crippen LogP contribution < -0.4 is 0 Å². The molecular weight excluding hydrogens is 276 g/mol. The molecule has 0 bridgehead atoms. The van der Waals surface area contributed by atoms with Crippen LogP contribution in [0.15, 0.2) is 12.3 Å². The fourth-order valence-electron chi connectivity index (χ4n) is 0.864. The lowest BCUT2D eigenvalue weighted by molar-refractivity contribution is 1.07. The molecule has 0 amide bonds. The van der Waals surface area contributed by atoms with Gasteiger partial charge in [-0.15, -0.1) is 10.2 Å². The molecular formula is C6H3ClIN3. The molecule has 0 fully saturated rings. The largest absolute Gasteiger partial charge is 0.359 e. The van der Waals surface area contributed by atoms with Crippen LogP contribution in [-0.4, -0.2) is 15.2 Å². The summed E-state index contributed by atoms with van der Waals surface area (Å²) in [6, 6.07) is 1.76. The van der Waals surface area contributed by atoms with Gasteiger partial charge in [-0.05, 0) is 22.6 Å². The molecule has 0 saturated heterocycles. The zero-order valence-electron chi connectivity index (χ0n) is 5.31. The van der Waals surface area contributed by atoms with Crippen molar-refractivity contribution in [3.05, 3.63) is 21.0 Å². The fourth-order valence-corrected chi connectivity index (χ4v) is 1.56. The zero-order valence-corrected chi connectivity index (χ0v) is 8.22. The number of halogens is 2. The SMILES string of the molecule is Clc1cc2[nH]cc(I)c2nn1. The highest BCUT2D eigenvalue weighted by Gasteiger charge is 2.02. The van der Waals surface area contributed by atoms with E-state index >= 15 is 0 Å². The molecule has 2 aromatic rings. The first-order valence-electron chi connectivity index (χ1n) is 2.93. The van der Waals surface area contributed by atoms with E-state index in [4.69, 9.17) is 11.6 Å². The molecule has 5 heteroatoms. The number of fused-ring (bicyclic) bond motifs is 1. The second-order valence-corrected chi connectivity index (χ2v) is 3.62. The summed E-state index contributed by atoms with van der Waals surface area (Å²) in [5.41, 5.74) is 1.80. The maximum atomic E-state index is 5.63. The summed E-state index contributed by atoms with van der Waals surface area (Å²) in [7, 11) is 0. The number of nitrogens with zero attached hydrogens (tertiary/aromatic N) is 2. The van der Waals surface area contributed by atoms with Crippen molar-refractivity contribution in [3.8, 4) is 0 Å². The van der Waals surface area contributed by atoms with Crippen LogP contribution in [0.1, 0.15) is 0 Å². The van der Waals surface area contributed by atoms with Gasteiger partial charge in [0.1, 0.15) is 5.52 Å². The first-order chi connectivity index (χ1) is 5.27. The van der Waals surface area contributed by atoms with Crippen LogP contribution >= 0.6 is 34.2 Å². The Balaban J connectivity index is 2.86. The van der Waals surface area contributed by atoms with Gasteiger partial charge in [0.05, 0.1) is 9.09 Å². The third-order valence-corrected chi connectivity index (χ3v) is 2.35. The Bertz CT molecular complexity index is 398. The number of hydrogen-bond acceptors (Lipinski definition) is 2. The molecule has 0 aliphatic rings. The van der Waals surface area contributed by atoms with Crippen LogP contribution in [0.3, 0.4) is 0 Å². The van der Waals surface area contributed by atoms with E-state index in [1.165, 1.54) is 0 Å². The summed E-state index contributed by atoms with van der Waals surface area (Å²) >= 11 is 7.82. The maximum absolute atomic E-state index is 5.63. The number of hydrogen-bond donors (Lipinski definition) is 1. The second-order valence-electron chi connectivity index (χ2n) is 2.07. The Morgan fingerprint density at radius 2 is 2.27 bits per heavy atom. The lowest BCUT2D eigenvalue weighted by Gasteiger charge is -1.88. The minimum absolute atomic E-state index is 0.413. The van der Waals surface area contributed by atoms with Crippen molar-refractivity contribution in [2.45, 2.75) is 0 Å². The van der Waals surface area contributed by atoms with E-state index in [2.05, 4.69) is 37.8 Å². The van der Waals surface area contributed by atoms with Crippen molar-refractivity contribution in [1.29, 1.82) is 0 Å². The van der Waals surface area contributed by atoms with Gasteiger partial charge in [-0.25, -0.2) is 0 Å².